The first-order chi connectivity index (χ1) is 9.26. The van der Waals surface area contributed by atoms with Crippen LogP contribution in [0.3, 0.4) is 0 Å². The summed E-state index contributed by atoms with van der Waals surface area (Å²) in [6, 6.07) is 4.37. The Labute approximate surface area is 118 Å². The van der Waals surface area contributed by atoms with E-state index in [4.69, 9.17) is 10.5 Å². The Morgan fingerprint density at radius 1 is 1.45 bits per heavy atom. The number of hydrogen-bond donors (Lipinski definition) is 1. The van der Waals surface area contributed by atoms with E-state index in [2.05, 4.69) is 0 Å². The van der Waals surface area contributed by atoms with Crippen LogP contribution in [0.15, 0.2) is 18.2 Å². The lowest BCUT2D eigenvalue weighted by atomic mass is 10.0. The van der Waals surface area contributed by atoms with Gasteiger partial charge in [0.2, 0.25) is 0 Å². The molecule has 0 saturated carbocycles. The summed E-state index contributed by atoms with van der Waals surface area (Å²) in [7, 11) is 0. The second kappa shape index (κ2) is 5.40. The van der Waals surface area contributed by atoms with Crippen LogP contribution >= 0.6 is 0 Å². The Kier molecular flexibility index (Phi) is 3.99. The van der Waals surface area contributed by atoms with E-state index in [1.54, 1.807) is 11.0 Å². The summed E-state index contributed by atoms with van der Waals surface area (Å²) in [5.74, 6) is -0.318. The summed E-state index contributed by atoms with van der Waals surface area (Å²) >= 11 is 0. The molecular weight excluding hydrogens is 259 g/mol. The first kappa shape index (κ1) is 14.8. The second-order valence-electron chi connectivity index (χ2n) is 6.14. The minimum absolute atomic E-state index is 0.182. The summed E-state index contributed by atoms with van der Waals surface area (Å²) in [5.41, 5.74) is 7.19. The zero-order chi connectivity index (χ0) is 14.9. The van der Waals surface area contributed by atoms with Crippen molar-refractivity contribution in [3.63, 3.8) is 0 Å². The van der Waals surface area contributed by atoms with E-state index >= 15 is 0 Å². The number of hydrogen-bond acceptors (Lipinski definition) is 3. The molecule has 4 nitrogen and oxygen atoms in total. The molecule has 0 bridgehead atoms. The predicted octanol–water partition coefficient (Wildman–Crippen LogP) is 2.97. The van der Waals surface area contributed by atoms with Gasteiger partial charge < -0.3 is 15.4 Å². The summed E-state index contributed by atoms with van der Waals surface area (Å²) in [6.45, 7) is 6.30. The van der Waals surface area contributed by atoms with Gasteiger partial charge in [0.1, 0.15) is 11.4 Å². The molecule has 0 radical (unpaired) electrons. The molecule has 5 heteroatoms. The van der Waals surface area contributed by atoms with Gasteiger partial charge in [-0.3, -0.25) is 0 Å². The summed E-state index contributed by atoms with van der Waals surface area (Å²) in [5, 5.41) is 0. The molecule has 0 spiro atoms. The van der Waals surface area contributed by atoms with Crippen LogP contribution in [0.5, 0.6) is 0 Å². The second-order valence-corrected chi connectivity index (χ2v) is 6.14. The Morgan fingerprint density at radius 3 is 2.80 bits per heavy atom. The molecule has 1 atom stereocenters. The lowest BCUT2D eigenvalue weighted by Gasteiger charge is -2.26. The Morgan fingerprint density at radius 2 is 2.15 bits per heavy atom. The highest BCUT2D eigenvalue weighted by Gasteiger charge is 2.27. The lowest BCUT2D eigenvalue weighted by molar-refractivity contribution is 0.0235. The minimum Gasteiger partial charge on any atom is -0.444 e. The first-order valence-electron chi connectivity index (χ1n) is 6.78. The zero-order valence-corrected chi connectivity index (χ0v) is 12.1. The average molecular weight is 280 g/mol. The molecule has 1 aromatic rings. The highest BCUT2D eigenvalue weighted by molar-refractivity contribution is 5.68. The highest BCUT2D eigenvalue weighted by atomic mass is 19.1. The van der Waals surface area contributed by atoms with Crippen molar-refractivity contribution in [1.29, 1.82) is 0 Å². The van der Waals surface area contributed by atoms with E-state index in [0.29, 0.717) is 19.5 Å². The van der Waals surface area contributed by atoms with Crippen LogP contribution in [0, 0.1) is 5.82 Å². The molecule has 1 aromatic carbocycles. The molecule has 110 valence electrons. The molecule has 1 aliphatic rings. The molecule has 0 saturated heterocycles. The molecule has 2 N–H and O–H groups in total. The number of halogens is 1. The highest BCUT2D eigenvalue weighted by Crippen LogP contribution is 2.26. The van der Waals surface area contributed by atoms with Gasteiger partial charge in [0.05, 0.1) is 0 Å². The fourth-order valence-corrected chi connectivity index (χ4v) is 2.29. The molecule has 1 unspecified atom stereocenters. The summed E-state index contributed by atoms with van der Waals surface area (Å²) in [6.07, 6.45) is 0.250. The Hall–Kier alpha value is -1.62. The van der Waals surface area contributed by atoms with Gasteiger partial charge in [-0.2, -0.15) is 0 Å². The van der Waals surface area contributed by atoms with Crippen LogP contribution in [0.25, 0.3) is 0 Å². The number of fused-ring (bicyclic) bond motifs is 1. The number of ether oxygens (including phenoxy) is 1. The quantitative estimate of drug-likeness (QED) is 0.795. The van der Waals surface area contributed by atoms with Gasteiger partial charge in [-0.05, 0) is 50.5 Å². The predicted molar refractivity (Wildman–Crippen MR) is 74.6 cm³/mol. The molecule has 0 aliphatic carbocycles. The normalized spacial score (nSPS) is 19.2. The lowest BCUT2D eigenvalue weighted by Crippen LogP contribution is -2.36. The number of carbonyl (C=O) groups excluding carboxylic acids is 1. The van der Waals surface area contributed by atoms with E-state index in [9.17, 15) is 9.18 Å². The average Bonchev–Trinajstić information content (AvgIpc) is 2.46. The Bertz CT molecular complexity index is 511. The number of rotatable bonds is 0. The first-order valence-corrected chi connectivity index (χ1v) is 6.78. The monoisotopic (exact) mass is 280 g/mol. The summed E-state index contributed by atoms with van der Waals surface area (Å²) < 4.78 is 18.7. The smallest absolute Gasteiger partial charge is 0.410 e. The number of carbonyl (C=O) groups is 1. The fourth-order valence-electron chi connectivity index (χ4n) is 2.29. The topological polar surface area (TPSA) is 55.6 Å². The number of benzene rings is 1. The van der Waals surface area contributed by atoms with Crippen LogP contribution in [0.1, 0.15) is 44.4 Å². The van der Waals surface area contributed by atoms with Gasteiger partial charge in [-0.1, -0.05) is 6.07 Å². The van der Waals surface area contributed by atoms with Crippen molar-refractivity contribution >= 4 is 6.09 Å². The molecule has 1 aliphatic heterocycles. The molecular formula is C15H21FN2O2. The van der Waals surface area contributed by atoms with Crippen LogP contribution in [-0.4, -0.2) is 23.1 Å². The molecule has 2 rings (SSSR count). The van der Waals surface area contributed by atoms with Crippen LogP contribution in [0.4, 0.5) is 9.18 Å². The van der Waals surface area contributed by atoms with E-state index < -0.39 is 5.60 Å². The van der Waals surface area contributed by atoms with E-state index in [1.165, 1.54) is 12.1 Å². The van der Waals surface area contributed by atoms with Gasteiger partial charge in [0.25, 0.3) is 0 Å². The number of nitrogens with zero attached hydrogens (tertiary/aromatic N) is 1. The Balaban J connectivity index is 2.22. The van der Waals surface area contributed by atoms with Crippen molar-refractivity contribution in [1.82, 2.24) is 4.90 Å². The third-order valence-corrected chi connectivity index (χ3v) is 3.23. The fraction of sp³-hybridized carbons (Fsp3) is 0.533. The van der Waals surface area contributed by atoms with Crippen LogP contribution in [0.2, 0.25) is 0 Å². The number of nitrogens with two attached hydrogens (primary N) is 1. The van der Waals surface area contributed by atoms with Crippen molar-refractivity contribution < 1.29 is 13.9 Å². The van der Waals surface area contributed by atoms with Gasteiger partial charge in [0, 0.05) is 19.1 Å². The van der Waals surface area contributed by atoms with Gasteiger partial charge in [-0.25, -0.2) is 9.18 Å². The SMILES string of the molecule is CC(C)(C)OC(=O)N1CCC(N)c2ccc(F)cc2C1. The maximum atomic E-state index is 13.4. The van der Waals surface area contributed by atoms with Crippen LogP contribution < -0.4 is 5.73 Å². The minimum atomic E-state index is -0.545. The third-order valence-electron chi connectivity index (χ3n) is 3.23. The van der Waals surface area contributed by atoms with E-state index in [1.807, 2.05) is 20.8 Å². The third kappa shape index (κ3) is 3.48. The standard InChI is InChI=1S/C15H21FN2O2/c1-15(2,3)20-14(19)18-7-6-13(17)12-5-4-11(16)8-10(12)9-18/h4-5,8,13H,6-7,9,17H2,1-3H3. The van der Waals surface area contributed by atoms with Crippen molar-refractivity contribution in [2.45, 2.75) is 45.4 Å². The molecule has 0 aromatic heterocycles. The van der Waals surface area contributed by atoms with Gasteiger partial charge in [0.15, 0.2) is 0 Å². The van der Waals surface area contributed by atoms with Crippen molar-refractivity contribution in [3.05, 3.63) is 35.1 Å². The molecule has 1 amide bonds. The number of amides is 1. The van der Waals surface area contributed by atoms with Crippen molar-refractivity contribution in [2.75, 3.05) is 6.54 Å². The van der Waals surface area contributed by atoms with E-state index in [0.717, 1.165) is 11.1 Å². The largest absolute Gasteiger partial charge is 0.444 e. The van der Waals surface area contributed by atoms with Gasteiger partial charge in [-0.15, -0.1) is 0 Å². The van der Waals surface area contributed by atoms with E-state index in [-0.39, 0.29) is 18.0 Å². The van der Waals surface area contributed by atoms with Crippen molar-refractivity contribution in [3.8, 4) is 0 Å². The maximum Gasteiger partial charge on any atom is 0.410 e. The molecule has 20 heavy (non-hydrogen) atoms. The zero-order valence-electron chi connectivity index (χ0n) is 12.1. The van der Waals surface area contributed by atoms with Crippen LogP contribution in [-0.2, 0) is 11.3 Å². The molecule has 0 fully saturated rings. The van der Waals surface area contributed by atoms with Gasteiger partial charge >= 0.3 is 6.09 Å². The summed E-state index contributed by atoms with van der Waals surface area (Å²) in [4.78, 5) is 13.7. The molecule has 1 heterocycles. The van der Waals surface area contributed by atoms with Crippen molar-refractivity contribution in [2.24, 2.45) is 5.73 Å². The maximum absolute atomic E-state index is 13.4.